The SMILES string of the molecule is CCC1COCCN1c1ccc(C=O)cc1. The number of carbonyl (C=O) groups excluding carboxylic acids is 1. The summed E-state index contributed by atoms with van der Waals surface area (Å²) in [6, 6.07) is 8.21. The second kappa shape index (κ2) is 5.12. The van der Waals surface area contributed by atoms with Gasteiger partial charge in [-0.15, -0.1) is 0 Å². The summed E-state index contributed by atoms with van der Waals surface area (Å²) >= 11 is 0. The molecule has 1 atom stereocenters. The Morgan fingerprint density at radius 1 is 1.44 bits per heavy atom. The number of aldehydes is 1. The van der Waals surface area contributed by atoms with Gasteiger partial charge in [-0.05, 0) is 30.7 Å². The number of anilines is 1. The Hall–Kier alpha value is -1.35. The fourth-order valence-electron chi connectivity index (χ4n) is 2.08. The van der Waals surface area contributed by atoms with Crippen molar-refractivity contribution < 1.29 is 9.53 Å². The van der Waals surface area contributed by atoms with E-state index in [0.717, 1.165) is 38.0 Å². The third-order valence-electron chi connectivity index (χ3n) is 3.06. The molecule has 3 nitrogen and oxygen atoms in total. The van der Waals surface area contributed by atoms with E-state index in [-0.39, 0.29) is 0 Å². The van der Waals surface area contributed by atoms with Crippen LogP contribution in [-0.4, -0.2) is 32.1 Å². The van der Waals surface area contributed by atoms with Crippen LogP contribution in [0.15, 0.2) is 24.3 Å². The van der Waals surface area contributed by atoms with Crippen molar-refractivity contribution >= 4 is 12.0 Å². The van der Waals surface area contributed by atoms with Crippen LogP contribution in [0.2, 0.25) is 0 Å². The van der Waals surface area contributed by atoms with Crippen LogP contribution in [0.5, 0.6) is 0 Å². The Morgan fingerprint density at radius 2 is 2.19 bits per heavy atom. The molecule has 0 radical (unpaired) electrons. The summed E-state index contributed by atoms with van der Waals surface area (Å²) in [5, 5.41) is 0. The normalized spacial score (nSPS) is 20.8. The van der Waals surface area contributed by atoms with E-state index >= 15 is 0 Å². The maximum Gasteiger partial charge on any atom is 0.150 e. The second-order valence-electron chi connectivity index (χ2n) is 4.04. The molecule has 1 saturated heterocycles. The lowest BCUT2D eigenvalue weighted by molar-refractivity contribution is 0.0930. The van der Waals surface area contributed by atoms with Crippen LogP contribution in [0.3, 0.4) is 0 Å². The van der Waals surface area contributed by atoms with Crippen LogP contribution >= 0.6 is 0 Å². The van der Waals surface area contributed by atoms with Crippen LogP contribution in [-0.2, 0) is 4.74 Å². The molecular weight excluding hydrogens is 202 g/mol. The summed E-state index contributed by atoms with van der Waals surface area (Å²) in [6.45, 7) is 4.68. The minimum absolute atomic E-state index is 0.454. The van der Waals surface area contributed by atoms with E-state index in [9.17, 15) is 4.79 Å². The van der Waals surface area contributed by atoms with Crippen molar-refractivity contribution in [2.45, 2.75) is 19.4 Å². The van der Waals surface area contributed by atoms with Crippen molar-refractivity contribution in [3.63, 3.8) is 0 Å². The number of morpholine rings is 1. The van der Waals surface area contributed by atoms with Crippen molar-refractivity contribution in [3.05, 3.63) is 29.8 Å². The summed E-state index contributed by atoms with van der Waals surface area (Å²) in [5.41, 5.74) is 1.91. The van der Waals surface area contributed by atoms with Crippen molar-refractivity contribution in [2.75, 3.05) is 24.7 Å². The van der Waals surface area contributed by atoms with Gasteiger partial charge >= 0.3 is 0 Å². The molecule has 0 saturated carbocycles. The number of rotatable bonds is 3. The third kappa shape index (κ3) is 2.25. The van der Waals surface area contributed by atoms with Gasteiger partial charge in [-0.1, -0.05) is 6.92 Å². The number of benzene rings is 1. The molecule has 1 aliphatic rings. The van der Waals surface area contributed by atoms with E-state index in [1.54, 1.807) is 0 Å². The van der Waals surface area contributed by atoms with Gasteiger partial charge in [0.1, 0.15) is 6.29 Å². The highest BCUT2D eigenvalue weighted by Crippen LogP contribution is 2.21. The van der Waals surface area contributed by atoms with Gasteiger partial charge in [-0.3, -0.25) is 4.79 Å². The molecule has 1 aliphatic heterocycles. The predicted octanol–water partition coefficient (Wildman–Crippen LogP) is 2.11. The fourth-order valence-corrected chi connectivity index (χ4v) is 2.08. The smallest absolute Gasteiger partial charge is 0.150 e. The van der Waals surface area contributed by atoms with Crippen LogP contribution in [0, 0.1) is 0 Å². The first-order chi connectivity index (χ1) is 7.85. The largest absolute Gasteiger partial charge is 0.377 e. The number of hydrogen-bond donors (Lipinski definition) is 0. The van der Waals surface area contributed by atoms with Gasteiger partial charge in [-0.2, -0.15) is 0 Å². The molecule has 3 heteroatoms. The molecule has 1 unspecified atom stereocenters. The molecule has 16 heavy (non-hydrogen) atoms. The molecule has 0 amide bonds. The summed E-state index contributed by atoms with van der Waals surface area (Å²) in [5.74, 6) is 0. The van der Waals surface area contributed by atoms with Crippen LogP contribution in [0.25, 0.3) is 0 Å². The number of carbonyl (C=O) groups is 1. The third-order valence-corrected chi connectivity index (χ3v) is 3.06. The van der Waals surface area contributed by atoms with E-state index in [2.05, 4.69) is 11.8 Å². The van der Waals surface area contributed by atoms with Gasteiger partial charge < -0.3 is 9.64 Å². The molecule has 1 fully saturated rings. The molecule has 0 N–H and O–H groups in total. The van der Waals surface area contributed by atoms with Gasteiger partial charge in [0.2, 0.25) is 0 Å². The molecule has 0 aliphatic carbocycles. The topological polar surface area (TPSA) is 29.5 Å². The summed E-state index contributed by atoms with van der Waals surface area (Å²) < 4.78 is 5.47. The first kappa shape index (κ1) is 11.1. The molecular formula is C13H17NO2. The Bertz CT molecular complexity index is 347. The molecule has 0 bridgehead atoms. The van der Waals surface area contributed by atoms with Gasteiger partial charge in [0.05, 0.1) is 19.3 Å². The lowest BCUT2D eigenvalue weighted by Gasteiger charge is -2.37. The Balaban J connectivity index is 2.17. The second-order valence-corrected chi connectivity index (χ2v) is 4.04. The average Bonchev–Trinajstić information content (AvgIpc) is 2.39. The number of hydrogen-bond acceptors (Lipinski definition) is 3. The average molecular weight is 219 g/mol. The zero-order valence-electron chi connectivity index (χ0n) is 9.56. The molecule has 86 valence electrons. The van der Waals surface area contributed by atoms with Gasteiger partial charge in [-0.25, -0.2) is 0 Å². The minimum Gasteiger partial charge on any atom is -0.377 e. The standard InChI is InChI=1S/C13H17NO2/c1-2-12-10-16-8-7-14(12)13-5-3-11(9-15)4-6-13/h3-6,9,12H,2,7-8,10H2,1H3. The number of nitrogens with zero attached hydrogens (tertiary/aromatic N) is 1. The predicted molar refractivity (Wildman–Crippen MR) is 64.1 cm³/mol. The number of ether oxygens (including phenoxy) is 1. The highest BCUT2D eigenvalue weighted by molar-refractivity contribution is 5.75. The van der Waals surface area contributed by atoms with Crippen molar-refractivity contribution in [2.24, 2.45) is 0 Å². The fraction of sp³-hybridized carbons (Fsp3) is 0.462. The Morgan fingerprint density at radius 3 is 2.81 bits per heavy atom. The lowest BCUT2D eigenvalue weighted by atomic mass is 10.1. The molecule has 0 aromatic heterocycles. The van der Waals surface area contributed by atoms with E-state index < -0.39 is 0 Å². The monoisotopic (exact) mass is 219 g/mol. The van der Waals surface area contributed by atoms with Crippen LogP contribution < -0.4 is 4.90 Å². The zero-order chi connectivity index (χ0) is 11.4. The highest BCUT2D eigenvalue weighted by Gasteiger charge is 2.21. The molecule has 2 rings (SSSR count). The Labute approximate surface area is 96.0 Å². The maximum atomic E-state index is 10.6. The van der Waals surface area contributed by atoms with Crippen molar-refractivity contribution in [1.82, 2.24) is 0 Å². The van der Waals surface area contributed by atoms with Crippen molar-refractivity contribution in [3.8, 4) is 0 Å². The first-order valence-electron chi connectivity index (χ1n) is 5.74. The van der Waals surface area contributed by atoms with E-state index in [1.165, 1.54) is 5.69 Å². The maximum absolute atomic E-state index is 10.6. The molecule has 1 aromatic rings. The van der Waals surface area contributed by atoms with E-state index in [4.69, 9.17) is 4.74 Å². The van der Waals surface area contributed by atoms with E-state index in [1.807, 2.05) is 24.3 Å². The minimum atomic E-state index is 0.454. The van der Waals surface area contributed by atoms with Crippen LogP contribution in [0.4, 0.5) is 5.69 Å². The van der Waals surface area contributed by atoms with Gasteiger partial charge in [0, 0.05) is 17.8 Å². The van der Waals surface area contributed by atoms with Crippen LogP contribution in [0.1, 0.15) is 23.7 Å². The van der Waals surface area contributed by atoms with Gasteiger partial charge in [0.25, 0.3) is 0 Å². The summed E-state index contributed by atoms with van der Waals surface area (Å²) in [4.78, 5) is 12.9. The first-order valence-corrected chi connectivity index (χ1v) is 5.74. The highest BCUT2D eigenvalue weighted by atomic mass is 16.5. The van der Waals surface area contributed by atoms with Gasteiger partial charge in [0.15, 0.2) is 0 Å². The van der Waals surface area contributed by atoms with Crippen molar-refractivity contribution in [1.29, 1.82) is 0 Å². The zero-order valence-corrected chi connectivity index (χ0v) is 9.56. The summed E-state index contributed by atoms with van der Waals surface area (Å²) in [6.07, 6.45) is 1.95. The van der Waals surface area contributed by atoms with E-state index in [0.29, 0.717) is 6.04 Å². The molecule has 1 heterocycles. The quantitative estimate of drug-likeness (QED) is 0.729. The molecule has 1 aromatic carbocycles. The summed E-state index contributed by atoms with van der Waals surface area (Å²) in [7, 11) is 0. The lowest BCUT2D eigenvalue weighted by Crippen LogP contribution is -2.45. The Kier molecular flexibility index (Phi) is 3.57. The molecule has 0 spiro atoms.